The zero-order chi connectivity index (χ0) is 20.6. The molecule has 3 aromatic carbocycles. The second kappa shape index (κ2) is 7.48. The van der Waals surface area contributed by atoms with Crippen molar-refractivity contribution in [3.63, 3.8) is 0 Å². The number of esters is 1. The molecule has 1 aliphatic heterocycles. The summed E-state index contributed by atoms with van der Waals surface area (Å²) in [6, 6.07) is 22.1. The Balaban J connectivity index is 1.89. The normalized spacial score (nSPS) is 18.8. The Labute approximate surface area is 171 Å². The lowest BCUT2D eigenvalue weighted by molar-refractivity contribution is -0.135. The van der Waals surface area contributed by atoms with Gasteiger partial charge >= 0.3 is 5.97 Å². The minimum absolute atomic E-state index is 0.211. The van der Waals surface area contributed by atoms with E-state index in [4.69, 9.17) is 4.74 Å². The first-order chi connectivity index (χ1) is 13.9. The van der Waals surface area contributed by atoms with E-state index >= 15 is 0 Å². The van der Waals surface area contributed by atoms with Crippen molar-refractivity contribution in [1.82, 2.24) is 0 Å². The maximum atomic E-state index is 13.4. The van der Waals surface area contributed by atoms with Crippen LogP contribution in [0.25, 0.3) is 0 Å². The number of carbonyl (C=O) groups is 1. The van der Waals surface area contributed by atoms with Crippen molar-refractivity contribution in [3.05, 3.63) is 101 Å². The zero-order valence-electron chi connectivity index (χ0n) is 16.3. The van der Waals surface area contributed by atoms with Crippen LogP contribution in [0.4, 0.5) is 0 Å². The van der Waals surface area contributed by atoms with Crippen molar-refractivity contribution in [2.75, 3.05) is 0 Å². The van der Waals surface area contributed by atoms with Gasteiger partial charge in [-0.2, -0.15) is 0 Å². The van der Waals surface area contributed by atoms with Crippen molar-refractivity contribution in [2.24, 2.45) is 0 Å². The average molecular weight is 407 g/mol. The standard InChI is InChI=1S/C24H22O4S/c1-16-13-17(2)22-20(14-16)21(19-11-7-4-8-12-19)23(24(25)28-22)29(26,27)15-18-9-5-3-6-10-18/h3-14,21,23H,15H2,1-2H3. The lowest BCUT2D eigenvalue weighted by Crippen LogP contribution is -2.43. The molecule has 4 nitrogen and oxygen atoms in total. The molecule has 0 N–H and O–H groups in total. The second-order valence-electron chi connectivity index (χ2n) is 7.52. The number of ether oxygens (including phenoxy) is 1. The summed E-state index contributed by atoms with van der Waals surface area (Å²) < 4.78 is 32.4. The van der Waals surface area contributed by atoms with Gasteiger partial charge in [-0.1, -0.05) is 78.4 Å². The van der Waals surface area contributed by atoms with Crippen LogP contribution in [0, 0.1) is 13.8 Å². The summed E-state index contributed by atoms with van der Waals surface area (Å²) in [6.07, 6.45) is 0. The third kappa shape index (κ3) is 3.70. The highest BCUT2D eigenvalue weighted by Crippen LogP contribution is 2.44. The molecule has 29 heavy (non-hydrogen) atoms. The summed E-state index contributed by atoms with van der Waals surface area (Å²) in [5.41, 5.74) is 4.01. The predicted molar refractivity (Wildman–Crippen MR) is 113 cm³/mol. The smallest absolute Gasteiger partial charge is 0.330 e. The van der Waals surface area contributed by atoms with E-state index in [0.29, 0.717) is 11.3 Å². The molecule has 0 bridgehead atoms. The van der Waals surface area contributed by atoms with Gasteiger partial charge in [0.1, 0.15) is 5.75 Å². The van der Waals surface area contributed by atoms with Crippen molar-refractivity contribution in [2.45, 2.75) is 30.8 Å². The first-order valence-corrected chi connectivity index (χ1v) is 11.2. The first-order valence-electron chi connectivity index (χ1n) is 9.50. The number of hydrogen-bond donors (Lipinski definition) is 0. The lowest BCUT2D eigenvalue weighted by Gasteiger charge is -2.33. The number of sulfone groups is 1. The van der Waals surface area contributed by atoms with E-state index in [0.717, 1.165) is 22.3 Å². The molecule has 0 amide bonds. The van der Waals surface area contributed by atoms with Crippen molar-refractivity contribution in [3.8, 4) is 5.75 Å². The van der Waals surface area contributed by atoms with Crippen molar-refractivity contribution in [1.29, 1.82) is 0 Å². The molecular weight excluding hydrogens is 384 g/mol. The summed E-state index contributed by atoms with van der Waals surface area (Å²) >= 11 is 0. The molecule has 0 radical (unpaired) electrons. The number of hydrogen-bond acceptors (Lipinski definition) is 4. The van der Waals surface area contributed by atoms with Crippen LogP contribution in [0.2, 0.25) is 0 Å². The summed E-state index contributed by atoms with van der Waals surface area (Å²) in [6.45, 7) is 3.83. The zero-order valence-corrected chi connectivity index (χ0v) is 17.1. The van der Waals surface area contributed by atoms with Gasteiger partial charge < -0.3 is 4.74 Å². The molecule has 0 aliphatic carbocycles. The molecule has 0 saturated heterocycles. The molecule has 0 fully saturated rings. The highest BCUT2D eigenvalue weighted by molar-refractivity contribution is 7.92. The average Bonchev–Trinajstić information content (AvgIpc) is 2.68. The molecule has 0 saturated carbocycles. The summed E-state index contributed by atoms with van der Waals surface area (Å²) in [4.78, 5) is 13.0. The monoisotopic (exact) mass is 406 g/mol. The molecule has 1 heterocycles. The number of rotatable bonds is 4. The van der Waals surface area contributed by atoms with Gasteiger partial charge in [-0.25, -0.2) is 8.42 Å². The minimum Gasteiger partial charge on any atom is -0.425 e. The van der Waals surface area contributed by atoms with Crippen molar-refractivity contribution >= 4 is 15.8 Å². The van der Waals surface area contributed by atoms with Gasteiger partial charge in [-0.05, 0) is 30.5 Å². The molecule has 2 unspecified atom stereocenters. The first kappa shape index (κ1) is 19.4. The van der Waals surface area contributed by atoms with Crippen molar-refractivity contribution < 1.29 is 17.9 Å². The minimum atomic E-state index is -3.83. The van der Waals surface area contributed by atoms with E-state index in [2.05, 4.69) is 0 Å². The molecule has 5 heteroatoms. The number of benzene rings is 3. The van der Waals surface area contributed by atoms with E-state index in [9.17, 15) is 13.2 Å². The van der Waals surface area contributed by atoms with Crippen LogP contribution in [-0.4, -0.2) is 19.6 Å². The quantitative estimate of drug-likeness (QED) is 0.478. The van der Waals surface area contributed by atoms with E-state index in [-0.39, 0.29) is 5.75 Å². The van der Waals surface area contributed by atoms with Crippen LogP contribution in [0.1, 0.15) is 33.7 Å². The maximum absolute atomic E-state index is 13.4. The van der Waals surface area contributed by atoms with E-state index in [1.165, 1.54) is 0 Å². The summed E-state index contributed by atoms with van der Waals surface area (Å²) in [5.74, 6) is -1.06. The lowest BCUT2D eigenvalue weighted by atomic mass is 9.84. The summed E-state index contributed by atoms with van der Waals surface area (Å²) in [7, 11) is -3.83. The Morgan fingerprint density at radius 2 is 1.52 bits per heavy atom. The summed E-state index contributed by atoms with van der Waals surface area (Å²) in [5, 5.41) is -1.29. The number of fused-ring (bicyclic) bond motifs is 1. The fourth-order valence-electron chi connectivity index (χ4n) is 4.08. The van der Waals surface area contributed by atoms with Gasteiger partial charge in [0.2, 0.25) is 0 Å². The Bertz CT molecular complexity index is 1150. The topological polar surface area (TPSA) is 60.4 Å². The van der Waals surface area contributed by atoms with Crippen LogP contribution >= 0.6 is 0 Å². The largest absolute Gasteiger partial charge is 0.425 e. The van der Waals surface area contributed by atoms with Gasteiger partial charge in [0.05, 0.1) is 5.75 Å². The Kier molecular flexibility index (Phi) is 5.01. The third-order valence-corrected chi connectivity index (χ3v) is 7.25. The van der Waals surface area contributed by atoms with Crippen LogP contribution in [-0.2, 0) is 20.4 Å². The Morgan fingerprint density at radius 1 is 0.897 bits per heavy atom. The van der Waals surface area contributed by atoms with Crippen LogP contribution in [0.15, 0.2) is 72.8 Å². The molecule has 0 aromatic heterocycles. The van der Waals surface area contributed by atoms with Gasteiger partial charge in [0.15, 0.2) is 15.1 Å². The number of carbonyl (C=O) groups excluding carboxylic acids is 1. The van der Waals surface area contributed by atoms with E-state index in [1.54, 1.807) is 24.3 Å². The molecule has 4 rings (SSSR count). The van der Waals surface area contributed by atoms with Gasteiger partial charge in [0, 0.05) is 11.5 Å². The fourth-order valence-corrected chi connectivity index (χ4v) is 5.98. The maximum Gasteiger partial charge on any atom is 0.330 e. The highest BCUT2D eigenvalue weighted by atomic mass is 32.2. The SMILES string of the molecule is Cc1cc(C)c2c(c1)C(c1ccccc1)C(S(=O)(=O)Cc1ccccc1)C(=O)O2. The van der Waals surface area contributed by atoms with Gasteiger partial charge in [-0.3, -0.25) is 4.79 Å². The molecule has 148 valence electrons. The number of aryl methyl sites for hydroxylation is 2. The molecular formula is C24H22O4S. The Hall–Kier alpha value is -2.92. The fraction of sp³-hybridized carbons (Fsp3) is 0.208. The predicted octanol–water partition coefficient (Wildman–Crippen LogP) is 4.34. The second-order valence-corrected chi connectivity index (χ2v) is 9.65. The highest BCUT2D eigenvalue weighted by Gasteiger charge is 2.47. The Morgan fingerprint density at radius 3 is 2.17 bits per heavy atom. The van der Waals surface area contributed by atoms with Crippen LogP contribution < -0.4 is 4.74 Å². The van der Waals surface area contributed by atoms with Crippen LogP contribution in [0.3, 0.4) is 0 Å². The van der Waals surface area contributed by atoms with Gasteiger partial charge in [-0.15, -0.1) is 0 Å². The van der Waals surface area contributed by atoms with E-state index in [1.807, 2.05) is 62.4 Å². The third-order valence-electron chi connectivity index (χ3n) is 5.28. The van der Waals surface area contributed by atoms with Crippen LogP contribution in [0.5, 0.6) is 5.75 Å². The van der Waals surface area contributed by atoms with Gasteiger partial charge in [0.25, 0.3) is 0 Å². The van der Waals surface area contributed by atoms with E-state index < -0.39 is 27.0 Å². The molecule has 2 atom stereocenters. The molecule has 0 spiro atoms. The molecule has 3 aromatic rings. The molecule has 1 aliphatic rings.